The van der Waals surface area contributed by atoms with E-state index in [1.54, 1.807) is 39.9 Å². The number of hydrogen-bond donors (Lipinski definition) is 0. The Morgan fingerprint density at radius 3 is 2.60 bits per heavy atom. The van der Waals surface area contributed by atoms with Gasteiger partial charge in [0.2, 0.25) is 0 Å². The molecule has 0 spiro atoms. The van der Waals surface area contributed by atoms with Crippen molar-refractivity contribution in [3.8, 4) is 0 Å². The zero-order valence-electron chi connectivity index (χ0n) is 10.7. The number of rotatable bonds is 4. The third kappa shape index (κ3) is 6.22. The Bertz CT molecular complexity index is 421. The van der Waals surface area contributed by atoms with Crippen molar-refractivity contribution in [3.05, 3.63) is 40.2 Å². The van der Waals surface area contributed by atoms with E-state index in [-0.39, 0.29) is 6.10 Å². The number of carbonyl (C=O) groups excluding carboxylic acids is 1. The van der Waals surface area contributed by atoms with Crippen LogP contribution in [-0.4, -0.2) is 47.2 Å². The number of ether oxygens (including phenoxy) is 1. The molecule has 0 aliphatic carbocycles. The van der Waals surface area contributed by atoms with Crippen molar-refractivity contribution in [2.75, 3.05) is 18.6 Å². The van der Waals surface area contributed by atoms with Crippen LogP contribution in [-0.2, 0) is 9.57 Å². The lowest BCUT2D eigenvalue weighted by Crippen LogP contribution is -2.38. The van der Waals surface area contributed by atoms with Crippen LogP contribution in [0.4, 0.5) is 0 Å². The first-order chi connectivity index (χ1) is 9.67. The Labute approximate surface area is 123 Å². The van der Waals surface area contributed by atoms with Crippen molar-refractivity contribution in [2.45, 2.75) is 12.2 Å². The average Bonchev–Trinajstić information content (AvgIpc) is 2.49. The van der Waals surface area contributed by atoms with Crippen LogP contribution in [0, 0.1) is 10.1 Å². The molecule has 0 amide bonds. The molecule has 0 N–H and O–H groups in total. The summed E-state index contributed by atoms with van der Waals surface area (Å²) in [6.45, 7) is 0. The van der Waals surface area contributed by atoms with Crippen LogP contribution in [0.5, 0.6) is 0 Å². The van der Waals surface area contributed by atoms with Crippen molar-refractivity contribution in [2.24, 2.45) is 0 Å². The Kier molecular flexibility index (Phi) is 8.00. The molecular weight excluding hydrogens is 304 g/mol. The van der Waals surface area contributed by atoms with Gasteiger partial charge < -0.3 is 9.57 Å². The first-order valence-electron chi connectivity index (χ1n) is 5.61. The minimum Gasteiger partial charge on any atom is -0.378 e. The zero-order chi connectivity index (χ0) is 14.8. The smallest absolute Gasteiger partial charge is 0.294 e. The van der Waals surface area contributed by atoms with E-state index in [1.807, 2.05) is 0 Å². The molecule has 1 aliphatic heterocycles. The summed E-state index contributed by atoms with van der Waals surface area (Å²) in [4.78, 5) is 28.2. The standard InChI is InChI=1S/C6H5NO.C5H9NO4S2/c8-5-6-2-1-3-7-4-6;1-9-4-2-11-12-3-5(4)10-6(7)8/h1-5H;4-5H,2-3H2,1H3. The van der Waals surface area contributed by atoms with Crippen LogP contribution in [0.2, 0.25) is 0 Å². The van der Waals surface area contributed by atoms with Gasteiger partial charge in [0.05, 0.1) is 6.10 Å². The second-order valence-corrected chi connectivity index (χ2v) is 6.17. The molecule has 1 aromatic heterocycles. The Morgan fingerprint density at radius 1 is 1.45 bits per heavy atom. The molecule has 1 aliphatic rings. The van der Waals surface area contributed by atoms with Gasteiger partial charge >= 0.3 is 0 Å². The van der Waals surface area contributed by atoms with Gasteiger partial charge in [-0.2, -0.15) is 0 Å². The van der Waals surface area contributed by atoms with Gasteiger partial charge in [0.25, 0.3) is 5.09 Å². The molecular formula is C11H14N2O5S2. The second kappa shape index (κ2) is 9.56. The molecule has 1 saturated heterocycles. The summed E-state index contributed by atoms with van der Waals surface area (Å²) >= 11 is 0. The number of aldehydes is 1. The molecule has 110 valence electrons. The fraction of sp³-hybridized carbons (Fsp3) is 0.455. The van der Waals surface area contributed by atoms with Crippen LogP contribution in [0.1, 0.15) is 10.4 Å². The lowest BCUT2D eigenvalue weighted by Gasteiger charge is -2.27. The van der Waals surface area contributed by atoms with Gasteiger partial charge in [-0.15, -0.1) is 10.1 Å². The zero-order valence-corrected chi connectivity index (χ0v) is 12.3. The summed E-state index contributed by atoms with van der Waals surface area (Å²) in [5, 5.41) is 9.28. The number of nitrogens with zero attached hydrogens (tertiary/aromatic N) is 2. The maximum Gasteiger partial charge on any atom is 0.294 e. The minimum absolute atomic E-state index is 0.165. The first kappa shape index (κ1) is 16.7. The molecule has 0 radical (unpaired) electrons. The fourth-order valence-corrected chi connectivity index (χ4v) is 3.79. The monoisotopic (exact) mass is 318 g/mol. The Hall–Kier alpha value is -1.32. The molecule has 2 heterocycles. The third-order valence-corrected chi connectivity index (χ3v) is 4.72. The summed E-state index contributed by atoms with van der Waals surface area (Å²) in [7, 11) is 4.76. The van der Waals surface area contributed by atoms with Gasteiger partial charge in [-0.05, 0) is 12.1 Å². The van der Waals surface area contributed by atoms with Crippen LogP contribution in [0.15, 0.2) is 24.5 Å². The molecule has 0 aromatic carbocycles. The summed E-state index contributed by atoms with van der Waals surface area (Å²) in [6, 6.07) is 3.43. The molecule has 2 rings (SSSR count). The quantitative estimate of drug-likeness (QED) is 0.359. The van der Waals surface area contributed by atoms with Crippen LogP contribution < -0.4 is 0 Å². The van der Waals surface area contributed by atoms with Crippen molar-refractivity contribution in [1.29, 1.82) is 0 Å². The van der Waals surface area contributed by atoms with E-state index >= 15 is 0 Å². The van der Waals surface area contributed by atoms with Crippen molar-refractivity contribution in [3.63, 3.8) is 0 Å². The van der Waals surface area contributed by atoms with E-state index in [0.29, 0.717) is 11.3 Å². The molecule has 2 atom stereocenters. The predicted molar refractivity (Wildman–Crippen MR) is 77.2 cm³/mol. The van der Waals surface area contributed by atoms with E-state index in [9.17, 15) is 14.9 Å². The molecule has 9 heteroatoms. The number of carbonyl (C=O) groups is 1. The highest BCUT2D eigenvalue weighted by atomic mass is 33.1. The highest BCUT2D eigenvalue weighted by Gasteiger charge is 2.28. The summed E-state index contributed by atoms with van der Waals surface area (Å²) in [5.74, 6) is 1.34. The van der Waals surface area contributed by atoms with Crippen molar-refractivity contribution >= 4 is 27.9 Å². The maximum atomic E-state index is 10.0. The highest BCUT2D eigenvalue weighted by molar-refractivity contribution is 8.76. The van der Waals surface area contributed by atoms with E-state index in [4.69, 9.17) is 4.74 Å². The third-order valence-electron chi connectivity index (χ3n) is 2.31. The normalized spacial score (nSPS) is 21.2. The molecule has 1 aromatic rings. The minimum atomic E-state index is -0.757. The topological polar surface area (TPSA) is 91.6 Å². The molecule has 1 fully saturated rings. The van der Waals surface area contributed by atoms with E-state index < -0.39 is 11.2 Å². The predicted octanol–water partition coefficient (Wildman–Crippen LogP) is 1.87. The lowest BCUT2D eigenvalue weighted by molar-refractivity contribution is -0.769. The SMILES string of the molecule is COC1CSSCC1O[N+](=O)[O-].O=Cc1cccnc1. The average molecular weight is 318 g/mol. The van der Waals surface area contributed by atoms with E-state index in [2.05, 4.69) is 9.82 Å². The molecule has 7 nitrogen and oxygen atoms in total. The molecule has 20 heavy (non-hydrogen) atoms. The van der Waals surface area contributed by atoms with Gasteiger partial charge in [0.15, 0.2) is 6.29 Å². The summed E-state index contributed by atoms with van der Waals surface area (Å²) in [6.07, 6.45) is 3.34. The van der Waals surface area contributed by atoms with Gasteiger partial charge in [0.1, 0.15) is 6.10 Å². The Balaban J connectivity index is 0.000000217. The molecule has 0 saturated carbocycles. The number of hydrogen-bond acceptors (Lipinski definition) is 8. The van der Waals surface area contributed by atoms with Gasteiger partial charge in [-0.1, -0.05) is 21.6 Å². The number of aromatic nitrogens is 1. The fourth-order valence-electron chi connectivity index (χ4n) is 1.32. The van der Waals surface area contributed by atoms with E-state index in [0.717, 1.165) is 12.0 Å². The van der Waals surface area contributed by atoms with Crippen molar-refractivity contribution in [1.82, 2.24) is 4.98 Å². The second-order valence-electron chi connectivity index (χ2n) is 3.61. The first-order valence-corrected chi connectivity index (χ1v) is 8.09. The lowest BCUT2D eigenvalue weighted by atomic mass is 10.2. The molecule has 0 bridgehead atoms. The van der Waals surface area contributed by atoms with E-state index in [1.165, 1.54) is 13.3 Å². The van der Waals surface area contributed by atoms with Gasteiger partial charge in [-0.3, -0.25) is 9.78 Å². The number of pyridine rings is 1. The van der Waals surface area contributed by atoms with Crippen LogP contribution in [0.25, 0.3) is 0 Å². The largest absolute Gasteiger partial charge is 0.378 e. The molecule has 2 unspecified atom stereocenters. The van der Waals surface area contributed by atoms with Gasteiger partial charge in [0, 0.05) is 36.6 Å². The van der Waals surface area contributed by atoms with Crippen molar-refractivity contribution < 1.29 is 19.5 Å². The summed E-state index contributed by atoms with van der Waals surface area (Å²) < 4.78 is 5.04. The van der Waals surface area contributed by atoms with Crippen LogP contribution >= 0.6 is 21.6 Å². The maximum absolute atomic E-state index is 10.0. The van der Waals surface area contributed by atoms with Gasteiger partial charge in [-0.25, -0.2) is 0 Å². The summed E-state index contributed by atoms with van der Waals surface area (Å²) in [5.41, 5.74) is 0.618. The highest BCUT2D eigenvalue weighted by Crippen LogP contribution is 2.32. The number of methoxy groups -OCH3 is 1. The Morgan fingerprint density at radius 2 is 2.15 bits per heavy atom. The van der Waals surface area contributed by atoms with Crippen LogP contribution in [0.3, 0.4) is 0 Å².